The van der Waals surface area contributed by atoms with Crippen molar-refractivity contribution >= 4 is 5.91 Å². The predicted octanol–water partition coefficient (Wildman–Crippen LogP) is 3.31. The Labute approximate surface area is 158 Å². The lowest BCUT2D eigenvalue weighted by atomic mass is 10.0. The van der Waals surface area contributed by atoms with Crippen molar-refractivity contribution in [3.05, 3.63) is 90.0 Å². The van der Waals surface area contributed by atoms with Crippen molar-refractivity contribution in [2.45, 2.75) is 19.1 Å². The van der Waals surface area contributed by atoms with Crippen LogP contribution in [0, 0.1) is 0 Å². The molecule has 5 nitrogen and oxygen atoms in total. The standard InChI is InChI=1S/C22H22N2O3/c23-21(22(25)24-26)14-16-10-12-19(13-11-16)27-15-18-8-4-5-9-20(18)17-6-2-1-3-7-17/h1-13,21,26H,14-15,23H2,(H,24,25). The Kier molecular flexibility index (Phi) is 6.20. The molecule has 0 aliphatic carbocycles. The van der Waals surface area contributed by atoms with Gasteiger partial charge in [0.2, 0.25) is 0 Å². The van der Waals surface area contributed by atoms with Crippen molar-refractivity contribution in [1.82, 2.24) is 5.48 Å². The number of nitrogens with two attached hydrogens (primary N) is 1. The second-order valence-electron chi connectivity index (χ2n) is 6.24. The molecule has 4 N–H and O–H groups in total. The molecule has 0 aromatic heterocycles. The zero-order valence-corrected chi connectivity index (χ0v) is 14.8. The maximum absolute atomic E-state index is 11.3. The fraction of sp³-hybridized carbons (Fsp3) is 0.136. The Morgan fingerprint density at radius 3 is 2.33 bits per heavy atom. The highest BCUT2D eigenvalue weighted by molar-refractivity contribution is 5.80. The van der Waals surface area contributed by atoms with E-state index in [1.54, 1.807) is 5.48 Å². The number of carbonyl (C=O) groups is 1. The Hall–Kier alpha value is -3.15. The first-order valence-electron chi connectivity index (χ1n) is 8.72. The normalized spacial score (nSPS) is 11.6. The average molecular weight is 362 g/mol. The van der Waals surface area contributed by atoms with Gasteiger partial charge >= 0.3 is 0 Å². The molecular formula is C22H22N2O3. The molecule has 3 rings (SSSR count). The summed E-state index contributed by atoms with van der Waals surface area (Å²) in [5, 5.41) is 8.61. The Balaban J connectivity index is 1.65. The van der Waals surface area contributed by atoms with Crippen molar-refractivity contribution < 1.29 is 14.7 Å². The first kappa shape index (κ1) is 18.6. The van der Waals surface area contributed by atoms with Crippen LogP contribution >= 0.6 is 0 Å². The Bertz CT molecular complexity index is 880. The second-order valence-corrected chi connectivity index (χ2v) is 6.24. The number of hydrogen-bond donors (Lipinski definition) is 3. The van der Waals surface area contributed by atoms with Crippen LogP contribution < -0.4 is 16.0 Å². The van der Waals surface area contributed by atoms with Gasteiger partial charge in [-0.2, -0.15) is 0 Å². The third-order valence-corrected chi connectivity index (χ3v) is 4.32. The van der Waals surface area contributed by atoms with Crippen LogP contribution in [-0.2, 0) is 17.8 Å². The molecule has 0 aliphatic heterocycles. The minimum Gasteiger partial charge on any atom is -0.489 e. The molecule has 0 aliphatic rings. The number of rotatable bonds is 7. The maximum Gasteiger partial charge on any atom is 0.260 e. The van der Waals surface area contributed by atoms with Crippen molar-refractivity contribution in [2.24, 2.45) is 5.73 Å². The van der Waals surface area contributed by atoms with Gasteiger partial charge in [-0.1, -0.05) is 66.7 Å². The van der Waals surface area contributed by atoms with E-state index in [2.05, 4.69) is 24.3 Å². The number of hydroxylamine groups is 1. The first-order valence-corrected chi connectivity index (χ1v) is 8.72. The van der Waals surface area contributed by atoms with E-state index in [9.17, 15) is 4.79 Å². The fourth-order valence-electron chi connectivity index (χ4n) is 2.86. The zero-order chi connectivity index (χ0) is 19.1. The van der Waals surface area contributed by atoms with E-state index in [-0.39, 0.29) is 0 Å². The summed E-state index contributed by atoms with van der Waals surface area (Å²) >= 11 is 0. The summed E-state index contributed by atoms with van der Waals surface area (Å²) in [4.78, 5) is 11.3. The molecule has 0 fully saturated rings. The van der Waals surface area contributed by atoms with Crippen molar-refractivity contribution in [3.8, 4) is 16.9 Å². The molecule has 3 aromatic carbocycles. The van der Waals surface area contributed by atoms with Gasteiger partial charge in [0.15, 0.2) is 0 Å². The number of benzene rings is 3. The molecule has 0 spiro atoms. The molecule has 1 unspecified atom stereocenters. The van der Waals surface area contributed by atoms with Crippen LogP contribution in [-0.4, -0.2) is 17.2 Å². The maximum atomic E-state index is 11.3. The highest BCUT2D eigenvalue weighted by atomic mass is 16.5. The van der Waals surface area contributed by atoms with E-state index in [1.165, 1.54) is 0 Å². The molecule has 5 heteroatoms. The van der Waals surface area contributed by atoms with E-state index in [0.717, 1.165) is 28.0 Å². The lowest BCUT2D eigenvalue weighted by Crippen LogP contribution is -2.40. The van der Waals surface area contributed by atoms with E-state index < -0.39 is 11.9 Å². The lowest BCUT2D eigenvalue weighted by Gasteiger charge is -2.12. The smallest absolute Gasteiger partial charge is 0.260 e. The van der Waals surface area contributed by atoms with E-state index in [1.807, 2.05) is 54.6 Å². The third kappa shape index (κ3) is 4.94. The quantitative estimate of drug-likeness (QED) is 0.445. The topological polar surface area (TPSA) is 84.6 Å². The largest absolute Gasteiger partial charge is 0.489 e. The molecule has 1 amide bonds. The van der Waals surface area contributed by atoms with Gasteiger partial charge in [-0.3, -0.25) is 10.0 Å². The van der Waals surface area contributed by atoms with Gasteiger partial charge in [-0.05, 0) is 40.8 Å². The summed E-state index contributed by atoms with van der Waals surface area (Å²) < 4.78 is 5.93. The Morgan fingerprint density at radius 1 is 0.963 bits per heavy atom. The van der Waals surface area contributed by atoms with Crippen LogP contribution in [0.3, 0.4) is 0 Å². The SMILES string of the molecule is NC(Cc1ccc(OCc2ccccc2-c2ccccc2)cc1)C(=O)NO. The number of ether oxygens (including phenoxy) is 1. The Morgan fingerprint density at radius 2 is 1.63 bits per heavy atom. The minimum atomic E-state index is -0.792. The summed E-state index contributed by atoms with van der Waals surface area (Å²) in [6.07, 6.45) is 0.337. The van der Waals surface area contributed by atoms with Crippen LogP contribution in [0.4, 0.5) is 0 Å². The molecule has 0 saturated carbocycles. The minimum absolute atomic E-state index is 0.337. The number of amides is 1. The molecule has 3 aromatic rings. The highest BCUT2D eigenvalue weighted by Gasteiger charge is 2.13. The predicted molar refractivity (Wildman–Crippen MR) is 104 cm³/mol. The molecule has 0 saturated heterocycles. The number of nitrogens with one attached hydrogen (secondary N) is 1. The van der Waals surface area contributed by atoms with E-state index in [4.69, 9.17) is 15.7 Å². The number of carbonyl (C=O) groups excluding carboxylic acids is 1. The van der Waals surface area contributed by atoms with Gasteiger partial charge in [0.25, 0.3) is 5.91 Å². The fourth-order valence-corrected chi connectivity index (χ4v) is 2.86. The van der Waals surface area contributed by atoms with Crippen LogP contribution in [0.5, 0.6) is 5.75 Å². The third-order valence-electron chi connectivity index (χ3n) is 4.32. The van der Waals surface area contributed by atoms with Crippen molar-refractivity contribution in [2.75, 3.05) is 0 Å². The molecule has 27 heavy (non-hydrogen) atoms. The molecule has 0 heterocycles. The zero-order valence-electron chi connectivity index (χ0n) is 14.8. The summed E-state index contributed by atoms with van der Waals surface area (Å²) in [5.74, 6) is 0.134. The van der Waals surface area contributed by atoms with Gasteiger partial charge in [-0.25, -0.2) is 5.48 Å². The highest BCUT2D eigenvalue weighted by Crippen LogP contribution is 2.25. The average Bonchev–Trinajstić information content (AvgIpc) is 2.73. The molecule has 1 atom stereocenters. The van der Waals surface area contributed by atoms with Gasteiger partial charge < -0.3 is 10.5 Å². The summed E-state index contributed by atoms with van der Waals surface area (Å²) in [7, 11) is 0. The summed E-state index contributed by atoms with van der Waals surface area (Å²) in [5.41, 5.74) is 11.6. The molecular weight excluding hydrogens is 340 g/mol. The van der Waals surface area contributed by atoms with Gasteiger partial charge in [0.05, 0.1) is 6.04 Å². The molecule has 138 valence electrons. The van der Waals surface area contributed by atoms with Crippen LogP contribution in [0.1, 0.15) is 11.1 Å². The van der Waals surface area contributed by atoms with Gasteiger partial charge in [-0.15, -0.1) is 0 Å². The van der Waals surface area contributed by atoms with Crippen LogP contribution in [0.25, 0.3) is 11.1 Å². The van der Waals surface area contributed by atoms with Crippen molar-refractivity contribution in [3.63, 3.8) is 0 Å². The van der Waals surface area contributed by atoms with Crippen LogP contribution in [0.15, 0.2) is 78.9 Å². The van der Waals surface area contributed by atoms with E-state index >= 15 is 0 Å². The lowest BCUT2D eigenvalue weighted by molar-refractivity contribution is -0.130. The summed E-state index contributed by atoms with van der Waals surface area (Å²) in [6, 6.07) is 25.0. The molecule has 0 bridgehead atoms. The monoisotopic (exact) mass is 362 g/mol. The van der Waals surface area contributed by atoms with Gasteiger partial charge in [0.1, 0.15) is 12.4 Å². The first-order chi connectivity index (χ1) is 13.2. The van der Waals surface area contributed by atoms with Crippen LogP contribution in [0.2, 0.25) is 0 Å². The van der Waals surface area contributed by atoms with Gasteiger partial charge in [0, 0.05) is 0 Å². The summed E-state index contributed by atoms with van der Waals surface area (Å²) in [6.45, 7) is 0.455. The van der Waals surface area contributed by atoms with E-state index in [0.29, 0.717) is 13.0 Å². The number of hydrogen-bond acceptors (Lipinski definition) is 4. The molecule has 0 radical (unpaired) electrons. The van der Waals surface area contributed by atoms with Crippen molar-refractivity contribution in [1.29, 1.82) is 0 Å². The second kappa shape index (κ2) is 8.98.